The number of piperidine rings is 2. The molecule has 2 fully saturated rings. The smallest absolute Gasteiger partial charge is 0.415 e. The van der Waals surface area contributed by atoms with Crippen molar-refractivity contribution in [1.82, 2.24) is 40.0 Å². The van der Waals surface area contributed by atoms with Crippen LogP contribution in [0.5, 0.6) is 23.1 Å². The van der Waals surface area contributed by atoms with Gasteiger partial charge in [0.1, 0.15) is 17.2 Å². The molecule has 2 aliphatic rings. The number of nitrogens with zero attached hydrogens (tertiary/aromatic N) is 8. The number of carboxylic acid groups (broad SMARTS) is 1. The number of hydrogen-bond donors (Lipinski definition) is 1. The van der Waals surface area contributed by atoms with Crippen LogP contribution in [0.25, 0.3) is 0 Å². The number of aromatic nitrogens is 6. The van der Waals surface area contributed by atoms with Gasteiger partial charge in [-0.3, -0.25) is 4.98 Å². The Balaban J connectivity index is 0.000000269. The van der Waals surface area contributed by atoms with E-state index in [1.165, 1.54) is 15.4 Å². The predicted octanol–water partition coefficient (Wildman–Crippen LogP) is 7.89. The van der Waals surface area contributed by atoms with E-state index < -0.39 is 6.09 Å². The first-order valence-corrected chi connectivity index (χ1v) is 21.0. The molecule has 0 spiro atoms. The van der Waals surface area contributed by atoms with Crippen LogP contribution in [0.15, 0.2) is 101 Å². The number of carbonyl (C=O) groups excluding carboxylic acids is 1. The van der Waals surface area contributed by atoms with Gasteiger partial charge >= 0.3 is 12.2 Å². The lowest BCUT2D eigenvalue weighted by Crippen LogP contribution is -2.41. The van der Waals surface area contributed by atoms with E-state index in [1.54, 1.807) is 39.3 Å². The van der Waals surface area contributed by atoms with E-state index in [-0.39, 0.29) is 6.09 Å². The molecule has 0 atom stereocenters. The quantitative estimate of drug-likeness (QED) is 0.115. The molecule has 57 heavy (non-hydrogen) atoms. The fourth-order valence-electron chi connectivity index (χ4n) is 6.17. The monoisotopic (exact) mass is 812 g/mol. The number of rotatable bonds is 13. The molecule has 5 aromatic rings. The summed E-state index contributed by atoms with van der Waals surface area (Å²) in [6, 6.07) is 23.2. The van der Waals surface area contributed by atoms with Gasteiger partial charge in [-0.2, -0.15) is 0 Å². The summed E-state index contributed by atoms with van der Waals surface area (Å²) in [5.74, 6) is 5.51. The van der Waals surface area contributed by atoms with Crippen molar-refractivity contribution < 1.29 is 28.9 Å². The Bertz CT molecular complexity index is 1970. The van der Waals surface area contributed by atoms with Crippen molar-refractivity contribution in [2.24, 2.45) is 18.9 Å². The number of tetrazole rings is 1. The first kappa shape index (κ1) is 41.3. The average molecular weight is 813 g/mol. The summed E-state index contributed by atoms with van der Waals surface area (Å²) >= 11 is 3.43. The van der Waals surface area contributed by atoms with Gasteiger partial charge in [0.05, 0.1) is 6.61 Å². The fourth-order valence-corrected chi connectivity index (χ4v) is 8.10. The van der Waals surface area contributed by atoms with Crippen LogP contribution in [-0.4, -0.2) is 102 Å². The molecule has 0 radical (unpaired) electrons. The number of hydrogen-bond acceptors (Lipinski definition) is 12. The first-order valence-electron chi connectivity index (χ1n) is 19.0. The molecule has 2 aliphatic heterocycles. The van der Waals surface area contributed by atoms with Crippen LogP contribution >= 0.6 is 23.5 Å². The maximum Gasteiger partial charge on any atom is 0.415 e. The van der Waals surface area contributed by atoms with Gasteiger partial charge in [-0.25, -0.2) is 19.3 Å². The predicted molar refractivity (Wildman–Crippen MR) is 218 cm³/mol. The summed E-state index contributed by atoms with van der Waals surface area (Å²) in [6.45, 7) is 5.20. The highest BCUT2D eigenvalue weighted by Crippen LogP contribution is 2.27. The summed E-state index contributed by atoms with van der Waals surface area (Å²) in [5, 5.41) is 20.9. The summed E-state index contributed by atoms with van der Waals surface area (Å²) in [7, 11) is 1.81. The average Bonchev–Trinajstić information content (AvgIpc) is 3.66. The largest absolute Gasteiger partial charge is 0.493 e. The maximum atomic E-state index is 12.7. The molecular formula is C41H48N8O6S2. The topological polar surface area (TPSA) is 158 Å². The molecule has 14 nitrogen and oxygen atoms in total. The van der Waals surface area contributed by atoms with Crippen LogP contribution in [0, 0.1) is 18.8 Å². The van der Waals surface area contributed by atoms with Crippen molar-refractivity contribution in [3.63, 3.8) is 0 Å². The Morgan fingerprint density at radius 2 is 1.47 bits per heavy atom. The maximum absolute atomic E-state index is 12.7. The van der Waals surface area contributed by atoms with Crippen LogP contribution in [0.4, 0.5) is 9.59 Å². The second-order valence-corrected chi connectivity index (χ2v) is 16.0. The molecule has 3 aromatic heterocycles. The Kier molecular flexibility index (Phi) is 15.4. The van der Waals surface area contributed by atoms with Crippen molar-refractivity contribution in [2.75, 3.05) is 44.3 Å². The van der Waals surface area contributed by atoms with Crippen LogP contribution in [-0.2, 0) is 13.5 Å². The van der Waals surface area contributed by atoms with E-state index in [0.717, 1.165) is 60.1 Å². The molecule has 2 amide bonds. The van der Waals surface area contributed by atoms with Crippen molar-refractivity contribution in [3.8, 4) is 23.1 Å². The summed E-state index contributed by atoms with van der Waals surface area (Å²) in [5.41, 5.74) is 2.31. The SMILES string of the molecule is Cc1ccc(Oc2ccc(OCC3CCN(C(=O)Oc4ccc(CCSc5ccncc5)cc4)CC3)cc2)nc1.Cn1nnnc1SCC1CCN(C(=O)O)CC1. The van der Waals surface area contributed by atoms with E-state index in [0.29, 0.717) is 62.0 Å². The van der Waals surface area contributed by atoms with E-state index in [9.17, 15) is 9.59 Å². The summed E-state index contributed by atoms with van der Waals surface area (Å²) in [6.07, 6.45) is 8.84. The Morgan fingerprint density at radius 3 is 2.12 bits per heavy atom. The third-order valence-corrected chi connectivity index (χ3v) is 11.9. The molecular weight excluding hydrogens is 765 g/mol. The van der Waals surface area contributed by atoms with Gasteiger partial charge in [0.15, 0.2) is 0 Å². The Hall–Kier alpha value is -5.35. The molecule has 0 aliphatic carbocycles. The number of pyridine rings is 2. The normalized spacial score (nSPS) is 14.7. The van der Waals surface area contributed by atoms with Crippen LogP contribution < -0.4 is 14.2 Å². The highest BCUT2D eigenvalue weighted by molar-refractivity contribution is 7.99. The van der Waals surface area contributed by atoms with Crippen molar-refractivity contribution in [3.05, 3.63) is 103 Å². The lowest BCUT2D eigenvalue weighted by molar-refractivity contribution is 0.117. The van der Waals surface area contributed by atoms with Crippen molar-refractivity contribution >= 4 is 35.7 Å². The molecule has 0 saturated carbocycles. The minimum absolute atomic E-state index is 0.293. The summed E-state index contributed by atoms with van der Waals surface area (Å²) < 4.78 is 19.1. The number of aryl methyl sites for hydroxylation is 3. The number of benzene rings is 2. The number of carbonyl (C=O) groups is 2. The van der Waals surface area contributed by atoms with Crippen LogP contribution in [0.3, 0.4) is 0 Å². The highest BCUT2D eigenvalue weighted by atomic mass is 32.2. The van der Waals surface area contributed by atoms with Crippen LogP contribution in [0.1, 0.15) is 36.8 Å². The molecule has 1 N–H and O–H groups in total. The van der Waals surface area contributed by atoms with Gasteiger partial charge in [0.25, 0.3) is 0 Å². The second kappa shape index (κ2) is 21.3. The molecule has 5 heterocycles. The standard InChI is InChI=1S/C32H33N3O4S.C9H15N5O2S/c1-24-2-11-31(34-22-24)38-28-9-7-27(8-10-28)37-23-26-14-19-35(20-15-26)32(36)39-29-5-3-25(4-6-29)16-21-40-30-12-17-33-18-13-30;1-13-8(10-11-12-13)17-6-7-2-4-14(5-3-7)9(15)16/h2-13,17-18,22,26H,14-16,19-21,23H2,1H3;7H,2-6H2,1H3,(H,15,16). The van der Waals surface area contributed by atoms with Gasteiger partial charge < -0.3 is 29.1 Å². The molecule has 16 heteroatoms. The van der Waals surface area contributed by atoms with Crippen LogP contribution in [0.2, 0.25) is 0 Å². The molecule has 7 rings (SSSR count). The van der Waals surface area contributed by atoms with E-state index in [1.807, 2.05) is 99.2 Å². The van der Waals surface area contributed by atoms with Crippen molar-refractivity contribution in [1.29, 1.82) is 0 Å². The lowest BCUT2D eigenvalue weighted by Gasteiger charge is -2.31. The third kappa shape index (κ3) is 13.4. The summed E-state index contributed by atoms with van der Waals surface area (Å²) in [4.78, 5) is 36.2. The van der Waals surface area contributed by atoms with E-state index >= 15 is 0 Å². The second-order valence-electron chi connectivity index (χ2n) is 13.9. The van der Waals surface area contributed by atoms with Gasteiger partial charge in [-0.15, -0.1) is 16.9 Å². The molecule has 0 bridgehead atoms. The zero-order chi connectivity index (χ0) is 39.8. The lowest BCUT2D eigenvalue weighted by atomic mass is 9.98. The zero-order valence-electron chi connectivity index (χ0n) is 32.2. The van der Waals surface area contributed by atoms with Gasteiger partial charge in [-0.05, 0) is 121 Å². The van der Waals surface area contributed by atoms with E-state index in [4.69, 9.17) is 19.3 Å². The molecule has 0 unspecified atom stereocenters. The Morgan fingerprint density at radius 1 is 0.807 bits per heavy atom. The molecule has 300 valence electrons. The minimum Gasteiger partial charge on any atom is -0.493 e. The first-order chi connectivity index (χ1) is 27.8. The zero-order valence-corrected chi connectivity index (χ0v) is 33.8. The molecule has 2 aromatic carbocycles. The molecule has 2 saturated heterocycles. The highest BCUT2D eigenvalue weighted by Gasteiger charge is 2.25. The minimum atomic E-state index is -0.811. The number of thioether (sulfide) groups is 2. The van der Waals surface area contributed by atoms with Gasteiger partial charge in [0, 0.05) is 74.3 Å². The number of likely N-dealkylation sites (tertiary alicyclic amines) is 2. The van der Waals surface area contributed by atoms with Gasteiger partial charge in [-0.1, -0.05) is 30.0 Å². The fraction of sp³-hybridized carbons (Fsp3) is 0.390. The van der Waals surface area contributed by atoms with Gasteiger partial charge in [0.2, 0.25) is 11.0 Å². The number of ether oxygens (including phenoxy) is 3. The van der Waals surface area contributed by atoms with E-state index in [2.05, 4.69) is 25.5 Å². The Labute approximate surface area is 341 Å². The third-order valence-electron chi connectivity index (χ3n) is 9.64. The number of amides is 2. The van der Waals surface area contributed by atoms with Crippen molar-refractivity contribution in [2.45, 2.75) is 49.1 Å².